The predicted octanol–water partition coefficient (Wildman–Crippen LogP) is 3.55. The molecule has 0 bridgehead atoms. The maximum atomic E-state index is 13.3. The van der Waals surface area contributed by atoms with E-state index in [-0.39, 0.29) is 17.5 Å². The molecule has 29 heavy (non-hydrogen) atoms. The zero-order chi connectivity index (χ0) is 19.8. The maximum absolute atomic E-state index is 13.3. The summed E-state index contributed by atoms with van der Waals surface area (Å²) in [6.45, 7) is 2.56. The number of carbonyl (C=O) groups is 2. The van der Waals surface area contributed by atoms with Crippen LogP contribution >= 0.6 is 0 Å². The number of hydrogen-bond donors (Lipinski definition) is 1. The normalized spacial score (nSPS) is 14.5. The van der Waals surface area contributed by atoms with Gasteiger partial charge in [0, 0.05) is 54.9 Å². The monoisotopic (exact) mass is 389 g/mol. The molecule has 1 aliphatic rings. The van der Waals surface area contributed by atoms with E-state index in [9.17, 15) is 9.59 Å². The van der Waals surface area contributed by atoms with Crippen molar-refractivity contribution in [2.75, 3.05) is 31.1 Å². The highest BCUT2D eigenvalue weighted by Gasteiger charge is 2.27. The number of aromatic amines is 1. The van der Waals surface area contributed by atoms with E-state index in [0.29, 0.717) is 42.7 Å². The number of amides is 1. The van der Waals surface area contributed by atoms with E-state index < -0.39 is 0 Å². The molecule has 146 valence electrons. The number of hydrogen-bond acceptors (Lipinski definition) is 5. The predicted molar refractivity (Wildman–Crippen MR) is 107 cm³/mol. The van der Waals surface area contributed by atoms with Gasteiger partial charge in [-0.1, -0.05) is 6.07 Å². The number of ketones is 1. The summed E-state index contributed by atoms with van der Waals surface area (Å²) >= 11 is 0. The number of aromatic nitrogens is 1. The van der Waals surface area contributed by atoms with Crippen LogP contribution in [0.4, 0.5) is 5.88 Å². The van der Waals surface area contributed by atoms with Crippen LogP contribution in [-0.2, 0) is 0 Å². The summed E-state index contributed by atoms with van der Waals surface area (Å²) in [5, 5.41) is 0.632. The Labute approximate surface area is 166 Å². The number of H-pyrrole nitrogens is 1. The zero-order valence-corrected chi connectivity index (χ0v) is 15.6. The highest BCUT2D eigenvalue weighted by atomic mass is 16.3. The lowest BCUT2D eigenvalue weighted by molar-refractivity contribution is 0.0747. The number of carbonyl (C=O) groups excluding carboxylic acids is 2. The van der Waals surface area contributed by atoms with E-state index in [1.54, 1.807) is 30.7 Å². The Morgan fingerprint density at radius 2 is 1.66 bits per heavy atom. The van der Waals surface area contributed by atoms with E-state index in [1.165, 1.54) is 6.26 Å². The number of benzene rings is 1. The Balaban J connectivity index is 1.44. The summed E-state index contributed by atoms with van der Waals surface area (Å²) in [7, 11) is 0. The fourth-order valence-electron chi connectivity index (χ4n) is 3.83. The molecule has 4 heterocycles. The van der Waals surface area contributed by atoms with E-state index in [1.807, 2.05) is 29.2 Å². The quantitative estimate of drug-likeness (QED) is 0.540. The van der Waals surface area contributed by atoms with Gasteiger partial charge in [-0.25, -0.2) is 0 Å². The molecule has 7 heteroatoms. The first-order chi connectivity index (χ1) is 14.2. The van der Waals surface area contributed by atoms with Gasteiger partial charge < -0.3 is 23.6 Å². The van der Waals surface area contributed by atoms with Gasteiger partial charge in [-0.2, -0.15) is 0 Å². The fourth-order valence-corrected chi connectivity index (χ4v) is 3.83. The minimum absolute atomic E-state index is 0.0808. The molecule has 3 aromatic heterocycles. The van der Waals surface area contributed by atoms with Gasteiger partial charge >= 0.3 is 0 Å². The van der Waals surface area contributed by atoms with Crippen LogP contribution in [0.3, 0.4) is 0 Å². The molecule has 0 spiro atoms. The van der Waals surface area contributed by atoms with Crippen molar-refractivity contribution in [1.29, 1.82) is 0 Å². The molecule has 0 saturated carbocycles. The molecular weight excluding hydrogens is 370 g/mol. The highest BCUT2D eigenvalue weighted by molar-refractivity contribution is 6.19. The lowest BCUT2D eigenvalue weighted by Crippen LogP contribution is -2.48. The van der Waals surface area contributed by atoms with Gasteiger partial charge in [0.25, 0.3) is 5.91 Å². The molecule has 1 aromatic carbocycles. The molecule has 1 aliphatic heterocycles. The summed E-state index contributed by atoms with van der Waals surface area (Å²) in [4.78, 5) is 33.2. The molecular formula is C22H19N3O4. The van der Waals surface area contributed by atoms with Crippen LogP contribution in [0.2, 0.25) is 0 Å². The standard InChI is InChI=1S/C22H19N3O4/c26-21(18-6-2-12-28-18)16-14-23-17-5-1-4-15(20(16)17)22(27)25-10-8-24(9-11-25)19-7-3-13-29-19/h1-7,12-14,23H,8-11H2. The number of fused-ring (bicyclic) bond motifs is 1. The van der Waals surface area contributed by atoms with Crippen molar-refractivity contribution in [3.8, 4) is 0 Å². The van der Waals surface area contributed by atoms with Gasteiger partial charge in [-0.3, -0.25) is 9.59 Å². The van der Waals surface area contributed by atoms with Crippen molar-refractivity contribution < 1.29 is 18.4 Å². The average molecular weight is 389 g/mol. The van der Waals surface area contributed by atoms with E-state index in [4.69, 9.17) is 8.83 Å². The molecule has 1 fully saturated rings. The minimum Gasteiger partial charge on any atom is -0.461 e. The summed E-state index contributed by atoms with van der Waals surface area (Å²) in [6, 6.07) is 12.5. The van der Waals surface area contributed by atoms with Gasteiger partial charge in [0.05, 0.1) is 18.1 Å². The van der Waals surface area contributed by atoms with Crippen molar-refractivity contribution in [2.24, 2.45) is 0 Å². The van der Waals surface area contributed by atoms with Gasteiger partial charge in [0.2, 0.25) is 5.78 Å². The molecule has 7 nitrogen and oxygen atoms in total. The third kappa shape index (κ3) is 3.00. The number of nitrogens with zero attached hydrogens (tertiary/aromatic N) is 2. The van der Waals surface area contributed by atoms with Crippen molar-refractivity contribution in [2.45, 2.75) is 0 Å². The van der Waals surface area contributed by atoms with Crippen LogP contribution in [0.1, 0.15) is 26.5 Å². The second-order valence-electron chi connectivity index (χ2n) is 6.97. The number of piperazine rings is 1. The average Bonchev–Trinajstić information content (AvgIpc) is 3.54. The summed E-state index contributed by atoms with van der Waals surface area (Å²) in [5.41, 5.74) is 1.71. The van der Waals surface area contributed by atoms with Crippen LogP contribution in [0.15, 0.2) is 70.0 Å². The third-order valence-electron chi connectivity index (χ3n) is 5.31. The lowest BCUT2D eigenvalue weighted by Gasteiger charge is -2.34. The highest BCUT2D eigenvalue weighted by Crippen LogP contribution is 2.27. The Morgan fingerprint density at radius 1 is 0.862 bits per heavy atom. The van der Waals surface area contributed by atoms with Crippen LogP contribution in [-0.4, -0.2) is 47.8 Å². The SMILES string of the molecule is O=C(c1ccco1)c1c[nH]c2cccc(C(=O)N3CCN(c4ccco4)CC3)c12. The minimum atomic E-state index is -0.246. The van der Waals surface area contributed by atoms with E-state index >= 15 is 0 Å². The largest absolute Gasteiger partial charge is 0.461 e. The van der Waals surface area contributed by atoms with Crippen LogP contribution in [0.5, 0.6) is 0 Å². The zero-order valence-electron chi connectivity index (χ0n) is 15.6. The molecule has 4 aromatic rings. The Hall–Kier alpha value is -3.74. The Bertz CT molecular complexity index is 1150. The molecule has 5 rings (SSSR count). The van der Waals surface area contributed by atoms with Gasteiger partial charge in [-0.05, 0) is 30.3 Å². The van der Waals surface area contributed by atoms with E-state index in [0.717, 1.165) is 11.4 Å². The fraction of sp³-hybridized carbons (Fsp3) is 0.182. The molecule has 0 atom stereocenters. The topological polar surface area (TPSA) is 82.7 Å². The van der Waals surface area contributed by atoms with Crippen molar-refractivity contribution >= 4 is 28.5 Å². The number of rotatable bonds is 4. The molecule has 0 radical (unpaired) electrons. The number of nitrogens with one attached hydrogen (secondary N) is 1. The second-order valence-corrected chi connectivity index (χ2v) is 6.97. The van der Waals surface area contributed by atoms with Crippen molar-refractivity contribution in [1.82, 2.24) is 9.88 Å². The molecule has 1 amide bonds. The first kappa shape index (κ1) is 17.4. The van der Waals surface area contributed by atoms with Gasteiger partial charge in [0.1, 0.15) is 0 Å². The molecule has 0 unspecified atom stereocenters. The maximum Gasteiger partial charge on any atom is 0.254 e. The Morgan fingerprint density at radius 3 is 2.38 bits per heavy atom. The summed E-state index contributed by atoms with van der Waals surface area (Å²) in [5.74, 6) is 0.739. The first-order valence-electron chi connectivity index (χ1n) is 9.48. The Kier molecular flexibility index (Phi) is 4.20. The van der Waals surface area contributed by atoms with Crippen LogP contribution in [0.25, 0.3) is 10.9 Å². The van der Waals surface area contributed by atoms with Gasteiger partial charge in [0.15, 0.2) is 11.6 Å². The first-order valence-corrected chi connectivity index (χ1v) is 9.48. The smallest absolute Gasteiger partial charge is 0.254 e. The molecule has 1 saturated heterocycles. The summed E-state index contributed by atoms with van der Waals surface area (Å²) in [6.07, 6.45) is 4.75. The van der Waals surface area contributed by atoms with Crippen molar-refractivity contribution in [3.63, 3.8) is 0 Å². The van der Waals surface area contributed by atoms with Gasteiger partial charge in [-0.15, -0.1) is 0 Å². The van der Waals surface area contributed by atoms with Crippen LogP contribution < -0.4 is 4.90 Å². The van der Waals surface area contributed by atoms with Crippen molar-refractivity contribution in [3.05, 3.63) is 78.1 Å². The number of anilines is 1. The molecule has 1 N–H and O–H groups in total. The van der Waals surface area contributed by atoms with E-state index in [2.05, 4.69) is 9.88 Å². The number of furan rings is 2. The molecule has 0 aliphatic carbocycles. The lowest BCUT2D eigenvalue weighted by atomic mass is 10.0. The third-order valence-corrected chi connectivity index (χ3v) is 5.31. The van der Waals surface area contributed by atoms with Crippen LogP contribution in [0, 0.1) is 0 Å². The summed E-state index contributed by atoms with van der Waals surface area (Å²) < 4.78 is 10.7. The second kappa shape index (κ2) is 7.01.